The van der Waals surface area contributed by atoms with Gasteiger partial charge in [0.2, 0.25) is 5.91 Å². The lowest BCUT2D eigenvalue weighted by atomic mass is 9.92. The van der Waals surface area contributed by atoms with E-state index in [1.165, 1.54) is 4.90 Å². The van der Waals surface area contributed by atoms with Gasteiger partial charge in [0.25, 0.3) is 5.91 Å². The fourth-order valence-corrected chi connectivity index (χ4v) is 4.59. The molecule has 41 heavy (non-hydrogen) atoms. The summed E-state index contributed by atoms with van der Waals surface area (Å²) in [6.07, 6.45) is 1.56. The minimum Gasteiger partial charge on any atom is -0.467 e. The summed E-state index contributed by atoms with van der Waals surface area (Å²) in [5.74, 6) is 0.541. The van der Waals surface area contributed by atoms with E-state index in [0.29, 0.717) is 17.1 Å². The van der Waals surface area contributed by atoms with E-state index in [-0.39, 0.29) is 30.3 Å². The number of carbonyl (C=O) groups excluding carboxylic acids is 2. The summed E-state index contributed by atoms with van der Waals surface area (Å²) >= 11 is 0. The van der Waals surface area contributed by atoms with Crippen molar-refractivity contribution in [2.24, 2.45) is 0 Å². The number of hydrogen-bond donors (Lipinski definition) is 1. The van der Waals surface area contributed by atoms with Crippen molar-refractivity contribution in [2.45, 2.75) is 39.7 Å². The number of furan rings is 1. The molecule has 0 saturated heterocycles. The molecule has 0 saturated carbocycles. The van der Waals surface area contributed by atoms with Crippen molar-refractivity contribution in [3.05, 3.63) is 126 Å². The number of nitrogens with zero attached hydrogens (tertiary/aromatic N) is 3. The molecule has 2 amide bonds. The van der Waals surface area contributed by atoms with Crippen molar-refractivity contribution in [2.75, 3.05) is 11.9 Å². The van der Waals surface area contributed by atoms with Crippen LogP contribution in [0, 0.1) is 6.92 Å². The summed E-state index contributed by atoms with van der Waals surface area (Å²) in [5, 5.41) is 7.84. The Morgan fingerprint density at radius 1 is 0.878 bits per heavy atom. The van der Waals surface area contributed by atoms with Crippen molar-refractivity contribution in [3.63, 3.8) is 0 Å². The monoisotopic (exact) mass is 546 g/mol. The maximum atomic E-state index is 13.7. The summed E-state index contributed by atoms with van der Waals surface area (Å²) in [5.41, 5.74) is 5.10. The zero-order valence-electron chi connectivity index (χ0n) is 23.8. The summed E-state index contributed by atoms with van der Waals surface area (Å²) in [6.45, 7) is 8.24. The lowest BCUT2D eigenvalue weighted by Gasteiger charge is -2.22. The number of nitrogens with one attached hydrogen (secondary N) is 1. The van der Waals surface area contributed by atoms with Crippen LogP contribution in [0.15, 0.2) is 108 Å². The third-order valence-electron chi connectivity index (χ3n) is 6.88. The highest BCUT2D eigenvalue weighted by molar-refractivity contribution is 5.99. The normalized spacial score (nSPS) is 11.3. The van der Waals surface area contributed by atoms with Crippen LogP contribution in [-0.4, -0.2) is 33.0 Å². The molecule has 0 radical (unpaired) electrons. The maximum Gasteiger partial charge on any atom is 0.254 e. The third kappa shape index (κ3) is 6.47. The molecule has 2 aromatic heterocycles. The van der Waals surface area contributed by atoms with Crippen LogP contribution in [0.2, 0.25) is 0 Å². The molecule has 0 spiro atoms. The van der Waals surface area contributed by atoms with Crippen molar-refractivity contribution in [1.82, 2.24) is 14.7 Å². The van der Waals surface area contributed by atoms with E-state index in [2.05, 4.69) is 26.1 Å². The second-order valence-corrected chi connectivity index (χ2v) is 11.1. The Hall–Kier alpha value is -4.91. The van der Waals surface area contributed by atoms with Gasteiger partial charge in [-0.15, -0.1) is 0 Å². The summed E-state index contributed by atoms with van der Waals surface area (Å²) < 4.78 is 7.28. The molecule has 0 atom stereocenters. The first kappa shape index (κ1) is 27.6. The van der Waals surface area contributed by atoms with Gasteiger partial charge in [0.05, 0.1) is 24.2 Å². The van der Waals surface area contributed by atoms with E-state index in [1.807, 2.05) is 79.7 Å². The van der Waals surface area contributed by atoms with Gasteiger partial charge < -0.3 is 14.6 Å². The predicted octanol–water partition coefficient (Wildman–Crippen LogP) is 7.02. The number of aryl methyl sites for hydroxylation is 1. The second-order valence-electron chi connectivity index (χ2n) is 11.1. The number of hydrogen-bond acceptors (Lipinski definition) is 4. The van der Waals surface area contributed by atoms with Gasteiger partial charge in [-0.2, -0.15) is 5.10 Å². The number of rotatable bonds is 8. The SMILES string of the molecule is Cc1ccccc1-n1nc(C(C)(C)C)cc1NC(=O)CN(Cc1ccco1)C(=O)c1ccc(-c2ccccc2)cc1. The molecular formula is C34H34N4O3. The average molecular weight is 547 g/mol. The summed E-state index contributed by atoms with van der Waals surface area (Å²) in [7, 11) is 0. The fourth-order valence-electron chi connectivity index (χ4n) is 4.59. The van der Waals surface area contributed by atoms with E-state index in [0.717, 1.165) is 28.1 Å². The maximum absolute atomic E-state index is 13.7. The number of carbonyl (C=O) groups is 2. The first-order valence-electron chi connectivity index (χ1n) is 13.6. The zero-order valence-corrected chi connectivity index (χ0v) is 23.8. The van der Waals surface area contributed by atoms with Gasteiger partial charge in [-0.3, -0.25) is 9.59 Å². The minimum absolute atomic E-state index is 0.157. The van der Waals surface area contributed by atoms with Crippen LogP contribution in [0.5, 0.6) is 0 Å². The first-order valence-corrected chi connectivity index (χ1v) is 13.6. The zero-order chi connectivity index (χ0) is 29.0. The third-order valence-corrected chi connectivity index (χ3v) is 6.88. The Morgan fingerprint density at radius 2 is 1.56 bits per heavy atom. The largest absolute Gasteiger partial charge is 0.467 e. The van der Waals surface area contributed by atoms with E-state index in [9.17, 15) is 9.59 Å². The molecular weight excluding hydrogens is 512 g/mol. The lowest BCUT2D eigenvalue weighted by Crippen LogP contribution is -2.37. The van der Waals surface area contributed by atoms with Gasteiger partial charge in [0, 0.05) is 17.0 Å². The number of anilines is 1. The van der Waals surface area contributed by atoms with E-state index in [1.54, 1.807) is 35.2 Å². The first-order chi connectivity index (χ1) is 19.7. The average Bonchev–Trinajstić information content (AvgIpc) is 3.63. The highest BCUT2D eigenvalue weighted by atomic mass is 16.3. The Morgan fingerprint density at radius 3 is 2.22 bits per heavy atom. The molecule has 2 heterocycles. The molecule has 208 valence electrons. The van der Waals surface area contributed by atoms with Crippen LogP contribution in [0.4, 0.5) is 5.82 Å². The molecule has 0 aliphatic heterocycles. The van der Waals surface area contributed by atoms with Crippen LogP contribution in [0.3, 0.4) is 0 Å². The van der Waals surface area contributed by atoms with Crippen LogP contribution < -0.4 is 5.32 Å². The van der Waals surface area contributed by atoms with Crippen LogP contribution in [0.25, 0.3) is 16.8 Å². The van der Waals surface area contributed by atoms with Crippen molar-refractivity contribution in [3.8, 4) is 16.8 Å². The van der Waals surface area contributed by atoms with Crippen molar-refractivity contribution < 1.29 is 14.0 Å². The Bertz CT molecular complexity index is 1630. The molecule has 3 aromatic carbocycles. The van der Waals surface area contributed by atoms with Crippen LogP contribution >= 0.6 is 0 Å². The van der Waals surface area contributed by atoms with Crippen LogP contribution in [0.1, 0.15) is 48.1 Å². The number of amides is 2. The molecule has 5 aromatic rings. The molecule has 0 bridgehead atoms. The van der Waals surface area contributed by atoms with E-state index < -0.39 is 0 Å². The molecule has 5 rings (SSSR count). The van der Waals surface area contributed by atoms with E-state index >= 15 is 0 Å². The van der Waals surface area contributed by atoms with Gasteiger partial charge in [-0.05, 0) is 53.9 Å². The van der Waals surface area contributed by atoms with E-state index in [4.69, 9.17) is 9.52 Å². The molecule has 7 nitrogen and oxygen atoms in total. The quantitative estimate of drug-likeness (QED) is 0.227. The lowest BCUT2D eigenvalue weighted by molar-refractivity contribution is -0.117. The molecule has 0 aliphatic rings. The molecule has 0 aliphatic carbocycles. The van der Waals surface area contributed by atoms with Crippen LogP contribution in [-0.2, 0) is 16.8 Å². The molecule has 7 heteroatoms. The van der Waals surface area contributed by atoms with Gasteiger partial charge >= 0.3 is 0 Å². The Balaban J connectivity index is 1.40. The number of aromatic nitrogens is 2. The molecule has 0 unspecified atom stereocenters. The fraction of sp³-hybridized carbons (Fsp3) is 0.206. The summed E-state index contributed by atoms with van der Waals surface area (Å²) in [6, 6.07) is 30.7. The Kier molecular flexibility index (Phi) is 7.88. The number of benzene rings is 3. The Labute approximate surface area is 240 Å². The molecule has 1 N–H and O–H groups in total. The summed E-state index contributed by atoms with van der Waals surface area (Å²) in [4.78, 5) is 28.6. The number of para-hydroxylation sites is 1. The second kappa shape index (κ2) is 11.7. The highest BCUT2D eigenvalue weighted by Gasteiger charge is 2.24. The topological polar surface area (TPSA) is 80.4 Å². The predicted molar refractivity (Wildman–Crippen MR) is 161 cm³/mol. The van der Waals surface area contributed by atoms with Gasteiger partial charge in [-0.1, -0.05) is 81.4 Å². The van der Waals surface area contributed by atoms with Crippen molar-refractivity contribution in [1.29, 1.82) is 0 Å². The highest BCUT2D eigenvalue weighted by Crippen LogP contribution is 2.27. The van der Waals surface area contributed by atoms with Gasteiger partial charge in [-0.25, -0.2) is 4.68 Å². The smallest absolute Gasteiger partial charge is 0.254 e. The minimum atomic E-state index is -0.332. The standard InChI is InChI=1S/C34H34N4O3/c1-24-11-8-9-15-29(24)38-31(21-30(36-38)34(2,3)4)35-32(39)23-37(22-28-14-10-20-41-28)33(40)27-18-16-26(17-19-27)25-12-6-5-7-13-25/h5-21H,22-23H2,1-4H3,(H,35,39). The van der Waals surface area contributed by atoms with Crippen molar-refractivity contribution >= 4 is 17.6 Å². The van der Waals surface area contributed by atoms with Gasteiger partial charge in [0.1, 0.15) is 18.1 Å². The van der Waals surface area contributed by atoms with Gasteiger partial charge in [0.15, 0.2) is 0 Å². The molecule has 0 fully saturated rings.